The molecule has 0 spiro atoms. The summed E-state index contributed by atoms with van der Waals surface area (Å²) in [5.41, 5.74) is 0.252. The molecule has 0 radical (unpaired) electrons. The first-order valence-electron chi connectivity index (χ1n) is 8.14. The summed E-state index contributed by atoms with van der Waals surface area (Å²) in [6, 6.07) is 4.32. The minimum Gasteiger partial charge on any atom is -0.205 e. The van der Waals surface area contributed by atoms with Gasteiger partial charge in [-0.15, -0.1) is 6.58 Å². The fourth-order valence-electron chi connectivity index (χ4n) is 4.38. The van der Waals surface area contributed by atoms with Gasteiger partial charge in [-0.05, 0) is 79.9 Å². The Balaban J connectivity index is 1.76. The summed E-state index contributed by atoms with van der Waals surface area (Å²) in [4.78, 5) is 0. The number of benzene rings is 1. The van der Waals surface area contributed by atoms with Gasteiger partial charge in [-0.25, -0.2) is 8.78 Å². The van der Waals surface area contributed by atoms with Gasteiger partial charge in [0.2, 0.25) is 0 Å². The van der Waals surface area contributed by atoms with E-state index in [4.69, 9.17) is 5.26 Å². The monoisotopic (exact) mass is 301 g/mol. The molecule has 4 atom stereocenters. The van der Waals surface area contributed by atoms with Crippen LogP contribution in [-0.2, 0) is 0 Å². The summed E-state index contributed by atoms with van der Waals surface area (Å²) >= 11 is 0. The first-order chi connectivity index (χ1) is 10.6. The maximum absolute atomic E-state index is 13.8. The van der Waals surface area contributed by atoms with Gasteiger partial charge in [0.05, 0.1) is 0 Å². The lowest BCUT2D eigenvalue weighted by atomic mass is 9.64. The van der Waals surface area contributed by atoms with E-state index in [1.165, 1.54) is 31.4 Å². The van der Waals surface area contributed by atoms with Crippen molar-refractivity contribution in [3.63, 3.8) is 0 Å². The number of fused-ring (bicyclic) bond motifs is 1. The van der Waals surface area contributed by atoms with Crippen molar-refractivity contribution >= 4 is 0 Å². The molecular formula is C19H21F2N. The smallest absolute Gasteiger partial charge is 0.144 e. The van der Waals surface area contributed by atoms with Crippen LogP contribution in [0, 0.1) is 40.7 Å². The molecule has 1 aromatic carbocycles. The number of hydrogen-bond donors (Lipinski definition) is 0. The molecular weight excluding hydrogens is 280 g/mol. The average Bonchev–Trinajstić information content (AvgIpc) is 2.53. The van der Waals surface area contributed by atoms with E-state index in [1.54, 1.807) is 6.07 Å². The topological polar surface area (TPSA) is 23.8 Å². The Morgan fingerprint density at radius 2 is 1.68 bits per heavy atom. The Morgan fingerprint density at radius 1 is 1.05 bits per heavy atom. The third-order valence-electron chi connectivity index (χ3n) is 5.63. The van der Waals surface area contributed by atoms with E-state index in [0.717, 1.165) is 30.7 Å². The SMILES string of the molecule is C=C[C@H]1CCC2CC(c3cc(F)c(C#N)c(F)c3)CCC2C1. The van der Waals surface area contributed by atoms with Crippen LogP contribution in [0.5, 0.6) is 0 Å². The second-order valence-electron chi connectivity index (χ2n) is 6.81. The van der Waals surface area contributed by atoms with Crippen LogP contribution in [-0.4, -0.2) is 0 Å². The number of rotatable bonds is 2. The lowest BCUT2D eigenvalue weighted by Gasteiger charge is -2.41. The van der Waals surface area contributed by atoms with Crippen LogP contribution >= 0.6 is 0 Å². The molecule has 2 fully saturated rings. The van der Waals surface area contributed by atoms with Crippen molar-refractivity contribution in [3.8, 4) is 6.07 Å². The van der Waals surface area contributed by atoms with E-state index < -0.39 is 17.2 Å². The Labute approximate surface area is 130 Å². The number of nitrogens with zero attached hydrogens (tertiary/aromatic N) is 1. The molecule has 0 aliphatic heterocycles. The molecule has 3 unspecified atom stereocenters. The molecule has 3 heteroatoms. The van der Waals surface area contributed by atoms with Crippen LogP contribution < -0.4 is 0 Å². The summed E-state index contributed by atoms with van der Waals surface area (Å²) < 4.78 is 27.6. The van der Waals surface area contributed by atoms with Crippen molar-refractivity contribution in [2.75, 3.05) is 0 Å². The molecule has 0 aromatic heterocycles. The molecule has 0 saturated heterocycles. The van der Waals surface area contributed by atoms with Gasteiger partial charge in [-0.2, -0.15) is 5.26 Å². The highest BCUT2D eigenvalue weighted by atomic mass is 19.1. The summed E-state index contributed by atoms with van der Waals surface area (Å²) in [5.74, 6) is 0.809. The molecule has 0 bridgehead atoms. The molecule has 22 heavy (non-hydrogen) atoms. The van der Waals surface area contributed by atoms with Crippen LogP contribution in [0.15, 0.2) is 24.8 Å². The van der Waals surface area contributed by atoms with Crippen LogP contribution in [0.3, 0.4) is 0 Å². The average molecular weight is 301 g/mol. The molecule has 2 aliphatic rings. The molecule has 0 heterocycles. The molecule has 2 saturated carbocycles. The largest absolute Gasteiger partial charge is 0.205 e. The van der Waals surface area contributed by atoms with Crippen LogP contribution in [0.4, 0.5) is 8.78 Å². The van der Waals surface area contributed by atoms with E-state index in [2.05, 4.69) is 12.7 Å². The van der Waals surface area contributed by atoms with Crippen molar-refractivity contribution in [1.29, 1.82) is 5.26 Å². The second-order valence-corrected chi connectivity index (χ2v) is 6.81. The van der Waals surface area contributed by atoms with E-state index in [-0.39, 0.29) is 5.92 Å². The molecule has 1 nitrogen and oxygen atoms in total. The van der Waals surface area contributed by atoms with Crippen LogP contribution in [0.2, 0.25) is 0 Å². The maximum atomic E-state index is 13.8. The van der Waals surface area contributed by atoms with Gasteiger partial charge in [0, 0.05) is 0 Å². The predicted octanol–water partition coefficient (Wildman–Crippen LogP) is 5.32. The van der Waals surface area contributed by atoms with Crippen molar-refractivity contribution in [3.05, 3.63) is 47.5 Å². The summed E-state index contributed by atoms with van der Waals surface area (Å²) in [5, 5.41) is 8.76. The number of allylic oxidation sites excluding steroid dienone is 1. The zero-order valence-electron chi connectivity index (χ0n) is 12.7. The van der Waals surface area contributed by atoms with E-state index in [1.807, 2.05) is 0 Å². The number of hydrogen-bond acceptors (Lipinski definition) is 1. The number of halogens is 2. The lowest BCUT2D eigenvalue weighted by molar-refractivity contribution is 0.133. The Bertz CT molecular complexity index is 593. The van der Waals surface area contributed by atoms with Gasteiger partial charge < -0.3 is 0 Å². The first-order valence-corrected chi connectivity index (χ1v) is 8.14. The highest BCUT2D eigenvalue weighted by Crippen LogP contribution is 2.47. The van der Waals surface area contributed by atoms with Gasteiger partial charge in [0.1, 0.15) is 23.3 Å². The summed E-state index contributed by atoms with van der Waals surface area (Å²) in [6.45, 7) is 3.91. The Hall–Kier alpha value is -1.69. The quantitative estimate of drug-likeness (QED) is 0.678. The highest BCUT2D eigenvalue weighted by Gasteiger charge is 2.35. The van der Waals surface area contributed by atoms with E-state index >= 15 is 0 Å². The molecule has 116 valence electrons. The van der Waals surface area contributed by atoms with Gasteiger partial charge in [0.25, 0.3) is 0 Å². The lowest BCUT2D eigenvalue weighted by Crippen LogP contribution is -2.30. The van der Waals surface area contributed by atoms with Gasteiger partial charge in [0.15, 0.2) is 0 Å². The van der Waals surface area contributed by atoms with Crippen molar-refractivity contribution in [2.45, 2.75) is 44.4 Å². The first kappa shape index (κ1) is 15.2. The normalized spacial score (nSPS) is 31.1. The zero-order chi connectivity index (χ0) is 15.7. The maximum Gasteiger partial charge on any atom is 0.144 e. The van der Waals surface area contributed by atoms with Crippen LogP contribution in [0.1, 0.15) is 55.6 Å². The Morgan fingerprint density at radius 3 is 2.32 bits per heavy atom. The highest BCUT2D eigenvalue weighted by molar-refractivity contribution is 5.36. The standard InChI is InChI=1S/C19H21F2N/c1-2-12-3-4-14-8-15(6-5-13(14)7-12)16-9-18(20)17(11-22)19(21)10-16/h2,9-10,12-15H,1,3-8H2/t12-,13?,14?,15?/m0/s1. The fraction of sp³-hybridized carbons (Fsp3) is 0.526. The van der Waals surface area contributed by atoms with E-state index in [0.29, 0.717) is 11.8 Å². The van der Waals surface area contributed by atoms with Crippen LogP contribution in [0.25, 0.3) is 0 Å². The fourth-order valence-corrected chi connectivity index (χ4v) is 4.38. The van der Waals surface area contributed by atoms with Gasteiger partial charge >= 0.3 is 0 Å². The second kappa shape index (κ2) is 6.20. The predicted molar refractivity (Wildman–Crippen MR) is 82.2 cm³/mol. The van der Waals surface area contributed by atoms with E-state index in [9.17, 15) is 8.78 Å². The summed E-state index contributed by atoms with van der Waals surface area (Å²) in [6.07, 6.45) is 8.80. The molecule has 1 aromatic rings. The van der Waals surface area contributed by atoms with Crippen molar-refractivity contribution in [2.24, 2.45) is 17.8 Å². The third kappa shape index (κ3) is 2.79. The van der Waals surface area contributed by atoms with Crippen molar-refractivity contribution in [1.82, 2.24) is 0 Å². The molecule has 0 amide bonds. The number of nitriles is 1. The molecule has 2 aliphatic carbocycles. The minimum absolute atomic E-state index is 0.221. The minimum atomic E-state index is -0.727. The molecule has 0 N–H and O–H groups in total. The van der Waals surface area contributed by atoms with Gasteiger partial charge in [-0.3, -0.25) is 0 Å². The Kier molecular flexibility index (Phi) is 4.29. The van der Waals surface area contributed by atoms with Gasteiger partial charge in [-0.1, -0.05) is 6.08 Å². The zero-order valence-corrected chi connectivity index (χ0v) is 12.7. The summed E-state index contributed by atoms with van der Waals surface area (Å²) in [7, 11) is 0. The third-order valence-corrected chi connectivity index (χ3v) is 5.63. The van der Waals surface area contributed by atoms with Crippen molar-refractivity contribution < 1.29 is 8.78 Å². The molecule has 3 rings (SSSR count).